The third-order valence-electron chi connectivity index (χ3n) is 5.96. The first-order valence-electron chi connectivity index (χ1n) is 11.9. The summed E-state index contributed by atoms with van der Waals surface area (Å²) in [4.78, 5) is 15.1. The van der Waals surface area contributed by atoms with Crippen LogP contribution in [0.15, 0.2) is 77.7 Å². The summed E-state index contributed by atoms with van der Waals surface area (Å²) >= 11 is 6.74. The molecular formula is C29H29NO4S2. The number of carbonyl (C=O) groups excluding carboxylic acids is 1. The first kappa shape index (κ1) is 25.8. The third-order valence-corrected chi connectivity index (χ3v) is 7.27. The van der Waals surface area contributed by atoms with Crippen molar-refractivity contribution in [2.45, 2.75) is 26.2 Å². The van der Waals surface area contributed by atoms with Gasteiger partial charge in [-0.05, 0) is 65.9 Å². The fraction of sp³-hybridized carbons (Fsp3) is 0.241. The number of methoxy groups -OCH3 is 1. The molecule has 0 aromatic heterocycles. The Morgan fingerprint density at radius 2 is 1.69 bits per heavy atom. The van der Waals surface area contributed by atoms with Crippen LogP contribution < -0.4 is 19.1 Å². The number of para-hydroxylation sites is 1. The normalized spacial score (nSPS) is 15.3. The highest BCUT2D eigenvalue weighted by atomic mass is 32.2. The molecule has 3 aromatic carbocycles. The van der Waals surface area contributed by atoms with Gasteiger partial charge in [0.2, 0.25) is 0 Å². The summed E-state index contributed by atoms with van der Waals surface area (Å²) in [6, 6.07) is 23.2. The van der Waals surface area contributed by atoms with Crippen molar-refractivity contribution in [3.63, 3.8) is 0 Å². The second-order valence-corrected chi connectivity index (χ2v) is 10.0. The van der Waals surface area contributed by atoms with Crippen LogP contribution in [-0.2, 0) is 4.79 Å². The summed E-state index contributed by atoms with van der Waals surface area (Å²) in [5.41, 5.74) is 2.90. The van der Waals surface area contributed by atoms with Crippen LogP contribution in [0.4, 0.5) is 5.69 Å². The number of thiocarbonyl (C=S) groups is 1. The van der Waals surface area contributed by atoms with Gasteiger partial charge in [-0.1, -0.05) is 74.2 Å². The molecule has 0 saturated carbocycles. The lowest BCUT2D eigenvalue weighted by Gasteiger charge is -2.14. The quantitative estimate of drug-likeness (QED) is 0.162. The van der Waals surface area contributed by atoms with Gasteiger partial charge in [-0.25, -0.2) is 0 Å². The standard InChI is InChI=1S/C29H29NO4S2/c1-4-20(2)22-11-13-24(14-12-22)33-16-17-34-25-15-10-21(18-26(25)32-3)19-27-28(31)30(29(35)36-27)23-8-6-5-7-9-23/h5-15,18-20H,4,16-17H2,1-3H3/b27-19-/t20-/m0/s1. The minimum absolute atomic E-state index is 0.134. The molecule has 0 radical (unpaired) electrons. The van der Waals surface area contributed by atoms with Gasteiger partial charge in [0, 0.05) is 0 Å². The first-order chi connectivity index (χ1) is 17.5. The number of hydrogen-bond acceptors (Lipinski definition) is 6. The van der Waals surface area contributed by atoms with E-state index in [0.717, 1.165) is 23.4 Å². The summed E-state index contributed by atoms with van der Waals surface area (Å²) in [5, 5.41) is 0. The highest BCUT2D eigenvalue weighted by molar-refractivity contribution is 8.27. The maximum Gasteiger partial charge on any atom is 0.270 e. The lowest BCUT2D eigenvalue weighted by molar-refractivity contribution is -0.113. The van der Waals surface area contributed by atoms with Gasteiger partial charge in [0.05, 0.1) is 17.7 Å². The lowest BCUT2D eigenvalue weighted by atomic mass is 9.99. The minimum Gasteiger partial charge on any atom is -0.493 e. The van der Waals surface area contributed by atoms with E-state index in [1.807, 2.05) is 66.7 Å². The number of benzene rings is 3. The molecule has 5 nitrogen and oxygen atoms in total. The molecule has 4 rings (SSSR count). The Hall–Kier alpha value is -3.29. The molecule has 0 bridgehead atoms. The van der Waals surface area contributed by atoms with Gasteiger partial charge >= 0.3 is 0 Å². The van der Waals surface area contributed by atoms with Gasteiger partial charge in [-0.2, -0.15) is 0 Å². The molecule has 7 heteroatoms. The van der Waals surface area contributed by atoms with E-state index in [4.69, 9.17) is 26.4 Å². The number of carbonyl (C=O) groups is 1. The van der Waals surface area contributed by atoms with E-state index >= 15 is 0 Å². The molecule has 1 saturated heterocycles. The Kier molecular flexibility index (Phi) is 8.67. The number of ether oxygens (including phenoxy) is 3. The van der Waals surface area contributed by atoms with Crippen molar-refractivity contribution < 1.29 is 19.0 Å². The van der Waals surface area contributed by atoms with Gasteiger partial charge < -0.3 is 14.2 Å². The molecule has 1 fully saturated rings. The van der Waals surface area contributed by atoms with Crippen molar-refractivity contribution in [2.75, 3.05) is 25.2 Å². The van der Waals surface area contributed by atoms with Crippen LogP contribution >= 0.6 is 24.0 Å². The predicted molar refractivity (Wildman–Crippen MR) is 151 cm³/mol. The molecule has 0 unspecified atom stereocenters. The van der Waals surface area contributed by atoms with E-state index in [0.29, 0.717) is 39.9 Å². The molecule has 0 spiro atoms. The molecule has 1 aliphatic heterocycles. The lowest BCUT2D eigenvalue weighted by Crippen LogP contribution is -2.27. The maximum atomic E-state index is 13.0. The summed E-state index contributed by atoms with van der Waals surface area (Å²) in [7, 11) is 1.59. The predicted octanol–water partition coefficient (Wildman–Crippen LogP) is 7.07. The maximum absolute atomic E-state index is 13.0. The molecule has 1 atom stereocenters. The molecule has 1 amide bonds. The van der Waals surface area contributed by atoms with Crippen molar-refractivity contribution >= 4 is 46.0 Å². The Morgan fingerprint density at radius 3 is 2.39 bits per heavy atom. The highest BCUT2D eigenvalue weighted by Gasteiger charge is 2.33. The topological polar surface area (TPSA) is 48.0 Å². The van der Waals surface area contributed by atoms with Crippen LogP contribution in [0.5, 0.6) is 17.2 Å². The number of thioether (sulfide) groups is 1. The first-order valence-corrected chi connectivity index (χ1v) is 13.1. The fourth-order valence-electron chi connectivity index (χ4n) is 3.75. The van der Waals surface area contributed by atoms with E-state index in [2.05, 4.69) is 26.0 Å². The molecule has 0 N–H and O–H groups in total. The molecule has 1 heterocycles. The third kappa shape index (κ3) is 6.09. The number of amides is 1. The van der Waals surface area contributed by atoms with Crippen LogP contribution in [0.3, 0.4) is 0 Å². The molecule has 36 heavy (non-hydrogen) atoms. The smallest absolute Gasteiger partial charge is 0.270 e. The Balaban J connectivity index is 1.36. The van der Waals surface area contributed by atoms with Crippen molar-refractivity contribution in [3.8, 4) is 17.2 Å². The largest absolute Gasteiger partial charge is 0.493 e. The molecular weight excluding hydrogens is 490 g/mol. The van der Waals surface area contributed by atoms with Crippen LogP contribution in [0, 0.1) is 0 Å². The average Bonchev–Trinajstić information content (AvgIpc) is 3.19. The summed E-state index contributed by atoms with van der Waals surface area (Å²) in [5.74, 6) is 2.42. The van der Waals surface area contributed by atoms with Crippen molar-refractivity contribution in [1.82, 2.24) is 0 Å². The number of anilines is 1. The average molecular weight is 520 g/mol. The van der Waals surface area contributed by atoms with Crippen LogP contribution in [-0.4, -0.2) is 30.6 Å². The summed E-state index contributed by atoms with van der Waals surface area (Å²) in [6.07, 6.45) is 2.93. The van der Waals surface area contributed by atoms with Crippen molar-refractivity contribution in [3.05, 3.63) is 88.8 Å². The number of rotatable bonds is 10. The molecule has 0 aliphatic carbocycles. The Morgan fingerprint density at radius 1 is 0.972 bits per heavy atom. The van der Waals surface area contributed by atoms with Crippen molar-refractivity contribution in [2.24, 2.45) is 0 Å². The zero-order valence-electron chi connectivity index (χ0n) is 20.6. The van der Waals surface area contributed by atoms with Gasteiger partial charge in [0.15, 0.2) is 15.8 Å². The molecule has 1 aliphatic rings. The Labute approximate surface area is 222 Å². The van der Waals surface area contributed by atoms with Gasteiger partial charge in [0.25, 0.3) is 5.91 Å². The molecule has 186 valence electrons. The van der Waals surface area contributed by atoms with Crippen molar-refractivity contribution in [1.29, 1.82) is 0 Å². The highest BCUT2D eigenvalue weighted by Crippen LogP contribution is 2.37. The van der Waals surface area contributed by atoms with Crippen LogP contribution in [0.25, 0.3) is 6.08 Å². The Bertz CT molecular complexity index is 1240. The number of nitrogens with zero attached hydrogens (tertiary/aromatic N) is 1. The monoisotopic (exact) mass is 519 g/mol. The van der Waals surface area contributed by atoms with E-state index in [-0.39, 0.29) is 5.91 Å². The number of hydrogen-bond donors (Lipinski definition) is 0. The van der Waals surface area contributed by atoms with E-state index in [1.54, 1.807) is 12.0 Å². The summed E-state index contributed by atoms with van der Waals surface area (Å²) < 4.78 is 17.8. The summed E-state index contributed by atoms with van der Waals surface area (Å²) in [6.45, 7) is 5.19. The van der Waals surface area contributed by atoms with Crippen LogP contribution in [0.2, 0.25) is 0 Å². The fourth-order valence-corrected chi connectivity index (χ4v) is 5.05. The molecule has 3 aromatic rings. The van der Waals surface area contributed by atoms with Gasteiger partial charge in [0.1, 0.15) is 19.0 Å². The SMILES string of the molecule is CC[C@H](C)c1ccc(OCCOc2ccc(/C=C3\SC(=S)N(c4ccccc4)C3=O)cc2OC)cc1. The van der Waals surface area contributed by atoms with Crippen LogP contribution in [0.1, 0.15) is 37.3 Å². The van der Waals surface area contributed by atoms with E-state index < -0.39 is 0 Å². The minimum atomic E-state index is -0.134. The van der Waals surface area contributed by atoms with Gasteiger partial charge in [-0.15, -0.1) is 0 Å². The zero-order valence-corrected chi connectivity index (χ0v) is 22.2. The van der Waals surface area contributed by atoms with E-state index in [1.165, 1.54) is 17.3 Å². The zero-order chi connectivity index (χ0) is 25.5. The van der Waals surface area contributed by atoms with E-state index in [9.17, 15) is 4.79 Å². The van der Waals surface area contributed by atoms with Gasteiger partial charge in [-0.3, -0.25) is 9.69 Å². The second-order valence-electron chi connectivity index (χ2n) is 8.34. The second kappa shape index (κ2) is 12.1.